The number of aliphatic hydroxyl groups is 1. The lowest BCUT2D eigenvalue weighted by molar-refractivity contribution is 0.132. The van der Waals surface area contributed by atoms with Crippen LogP contribution in [-0.4, -0.2) is 50.6 Å². The number of benzene rings is 2. The second kappa shape index (κ2) is 10.3. The third-order valence-corrected chi connectivity index (χ3v) is 6.76. The number of fused-ring (bicyclic) bond motifs is 1. The van der Waals surface area contributed by atoms with Crippen molar-refractivity contribution in [1.29, 1.82) is 5.41 Å². The van der Waals surface area contributed by atoms with Crippen LogP contribution in [0.15, 0.2) is 53.3 Å². The van der Waals surface area contributed by atoms with E-state index >= 15 is 0 Å². The Hall–Kier alpha value is -3.03. The van der Waals surface area contributed by atoms with Gasteiger partial charge < -0.3 is 15.4 Å². The molecule has 1 saturated heterocycles. The molecule has 0 spiro atoms. The van der Waals surface area contributed by atoms with Gasteiger partial charge in [0.1, 0.15) is 11.5 Å². The molecule has 2 heterocycles. The molecule has 4 N–H and O–H groups in total. The fourth-order valence-corrected chi connectivity index (χ4v) is 4.90. The number of aromatic nitrogens is 2. The number of unbranched alkanes of at least 4 members (excludes halogenated alkanes) is 2. The molecule has 1 aliphatic rings. The molecule has 7 nitrogen and oxygen atoms in total. The van der Waals surface area contributed by atoms with Gasteiger partial charge >= 0.3 is 0 Å². The van der Waals surface area contributed by atoms with Gasteiger partial charge in [-0.15, -0.1) is 0 Å². The maximum Gasteiger partial charge on any atom is 0.277 e. The van der Waals surface area contributed by atoms with Crippen LogP contribution in [0.2, 0.25) is 0 Å². The molecular formula is C26H33N5O2. The van der Waals surface area contributed by atoms with Crippen molar-refractivity contribution in [3.63, 3.8) is 0 Å². The van der Waals surface area contributed by atoms with E-state index < -0.39 is 0 Å². The molecule has 0 aliphatic carbocycles. The standard InChI is InChI=1S/C26H33N5O2/c1-18-12-13-21(17-32)30(18)14-5-2-6-15-31-23-11-4-3-10-22(23)29-24(26(31)33)19-8-7-9-20(16-19)25(27)28/h3-4,7-11,16,18,21,32H,2,5-6,12-15,17H2,1H3,(H3,27,28). The van der Waals surface area contributed by atoms with Crippen LogP contribution in [0.5, 0.6) is 0 Å². The Balaban J connectivity index is 1.52. The number of likely N-dealkylation sites (tertiary alicyclic amines) is 1. The molecule has 2 atom stereocenters. The summed E-state index contributed by atoms with van der Waals surface area (Å²) in [5, 5.41) is 17.3. The van der Waals surface area contributed by atoms with Gasteiger partial charge in [0.05, 0.1) is 17.6 Å². The number of nitrogens with one attached hydrogen (secondary N) is 1. The molecule has 4 rings (SSSR count). The number of nitrogens with zero attached hydrogens (tertiary/aromatic N) is 3. The zero-order chi connectivity index (χ0) is 23.4. The van der Waals surface area contributed by atoms with Crippen molar-refractivity contribution in [2.24, 2.45) is 5.73 Å². The molecule has 0 saturated carbocycles. The van der Waals surface area contributed by atoms with Gasteiger partial charge in [-0.2, -0.15) is 0 Å². The minimum Gasteiger partial charge on any atom is -0.395 e. The van der Waals surface area contributed by atoms with Crippen molar-refractivity contribution in [3.8, 4) is 11.3 Å². The first kappa shape index (κ1) is 23.1. The topological polar surface area (TPSA) is 108 Å². The molecule has 0 bridgehead atoms. The van der Waals surface area contributed by atoms with E-state index in [1.54, 1.807) is 18.2 Å². The summed E-state index contributed by atoms with van der Waals surface area (Å²) in [5.41, 5.74) is 8.76. The Labute approximate surface area is 194 Å². The van der Waals surface area contributed by atoms with Crippen LogP contribution in [0.4, 0.5) is 0 Å². The number of hydrogen-bond donors (Lipinski definition) is 3. The molecule has 7 heteroatoms. The molecule has 33 heavy (non-hydrogen) atoms. The van der Waals surface area contributed by atoms with E-state index in [9.17, 15) is 9.90 Å². The maximum atomic E-state index is 13.4. The highest BCUT2D eigenvalue weighted by atomic mass is 16.3. The summed E-state index contributed by atoms with van der Waals surface area (Å²) in [6, 6.07) is 15.7. The van der Waals surface area contributed by atoms with Gasteiger partial charge in [-0.05, 0) is 57.4 Å². The van der Waals surface area contributed by atoms with Gasteiger partial charge in [0.25, 0.3) is 5.56 Å². The molecule has 174 valence electrons. The molecule has 1 aromatic heterocycles. The molecule has 2 aromatic carbocycles. The van der Waals surface area contributed by atoms with E-state index in [0.717, 1.165) is 49.7 Å². The number of aryl methyl sites for hydroxylation is 1. The summed E-state index contributed by atoms with van der Waals surface area (Å²) >= 11 is 0. The number of aliphatic hydroxyl groups excluding tert-OH is 1. The summed E-state index contributed by atoms with van der Waals surface area (Å²) in [4.78, 5) is 20.5. The predicted octanol–water partition coefficient (Wildman–Crippen LogP) is 3.36. The van der Waals surface area contributed by atoms with Crippen LogP contribution in [0.3, 0.4) is 0 Å². The average molecular weight is 448 g/mol. The first-order valence-corrected chi connectivity index (χ1v) is 11.8. The first-order chi connectivity index (χ1) is 16.0. The van der Waals surface area contributed by atoms with Crippen LogP contribution < -0.4 is 11.3 Å². The van der Waals surface area contributed by atoms with Crippen molar-refractivity contribution in [2.75, 3.05) is 13.2 Å². The monoisotopic (exact) mass is 447 g/mol. The zero-order valence-corrected chi connectivity index (χ0v) is 19.2. The van der Waals surface area contributed by atoms with Gasteiger partial charge in [0.2, 0.25) is 0 Å². The molecule has 1 fully saturated rings. The van der Waals surface area contributed by atoms with E-state index in [-0.39, 0.29) is 18.0 Å². The summed E-state index contributed by atoms with van der Waals surface area (Å²) in [6.45, 7) is 4.08. The van der Waals surface area contributed by atoms with E-state index in [4.69, 9.17) is 11.1 Å². The second-order valence-corrected chi connectivity index (χ2v) is 8.96. The summed E-state index contributed by atoms with van der Waals surface area (Å²) in [7, 11) is 0. The fourth-order valence-electron chi connectivity index (χ4n) is 4.90. The highest BCUT2D eigenvalue weighted by Crippen LogP contribution is 2.24. The normalized spacial score (nSPS) is 18.7. The Bertz CT molecular complexity index is 1190. The van der Waals surface area contributed by atoms with E-state index in [1.165, 1.54) is 0 Å². The lowest BCUT2D eigenvalue weighted by Crippen LogP contribution is -2.37. The molecule has 1 aliphatic heterocycles. The maximum absolute atomic E-state index is 13.4. The van der Waals surface area contributed by atoms with Gasteiger partial charge in [-0.1, -0.05) is 36.8 Å². The first-order valence-electron chi connectivity index (χ1n) is 11.8. The van der Waals surface area contributed by atoms with E-state index in [1.807, 2.05) is 34.9 Å². The summed E-state index contributed by atoms with van der Waals surface area (Å²) < 4.78 is 1.83. The molecular weight excluding hydrogens is 414 g/mol. The number of amidine groups is 1. The van der Waals surface area contributed by atoms with Gasteiger partial charge in [-0.3, -0.25) is 15.1 Å². The minimum atomic E-state index is -0.122. The van der Waals surface area contributed by atoms with Crippen molar-refractivity contribution in [1.82, 2.24) is 14.5 Å². The van der Waals surface area contributed by atoms with Crippen LogP contribution >= 0.6 is 0 Å². The highest BCUT2D eigenvalue weighted by Gasteiger charge is 2.29. The number of rotatable bonds is 9. The second-order valence-electron chi connectivity index (χ2n) is 8.96. The van der Waals surface area contributed by atoms with Crippen LogP contribution in [0.25, 0.3) is 22.3 Å². The van der Waals surface area contributed by atoms with Crippen LogP contribution in [-0.2, 0) is 6.54 Å². The number of nitrogens with two attached hydrogens (primary N) is 1. The largest absolute Gasteiger partial charge is 0.395 e. The predicted molar refractivity (Wildman–Crippen MR) is 133 cm³/mol. The third kappa shape index (κ3) is 4.99. The van der Waals surface area contributed by atoms with Crippen LogP contribution in [0, 0.1) is 5.41 Å². The molecule has 3 aromatic rings. The zero-order valence-electron chi connectivity index (χ0n) is 19.2. The lowest BCUT2D eigenvalue weighted by Gasteiger charge is -2.27. The molecule has 0 radical (unpaired) electrons. The number of hydrogen-bond acceptors (Lipinski definition) is 5. The van der Waals surface area contributed by atoms with E-state index in [0.29, 0.717) is 35.4 Å². The Morgan fingerprint density at radius 2 is 1.91 bits per heavy atom. The Morgan fingerprint density at radius 1 is 1.12 bits per heavy atom. The number of para-hydroxylation sites is 2. The highest BCUT2D eigenvalue weighted by molar-refractivity contribution is 5.96. The van der Waals surface area contributed by atoms with Gasteiger partial charge in [-0.25, -0.2) is 4.98 Å². The van der Waals surface area contributed by atoms with Crippen LogP contribution in [0.1, 0.15) is 44.6 Å². The smallest absolute Gasteiger partial charge is 0.277 e. The van der Waals surface area contributed by atoms with Crippen molar-refractivity contribution >= 4 is 16.9 Å². The van der Waals surface area contributed by atoms with Crippen molar-refractivity contribution < 1.29 is 5.11 Å². The average Bonchev–Trinajstić information content (AvgIpc) is 3.19. The molecule has 0 amide bonds. The molecule has 2 unspecified atom stereocenters. The Kier molecular flexibility index (Phi) is 7.20. The SMILES string of the molecule is CC1CCC(CO)N1CCCCCn1c(=O)c(-c2cccc(C(=N)N)c2)nc2ccccc21. The summed E-state index contributed by atoms with van der Waals surface area (Å²) in [6.07, 6.45) is 5.18. The third-order valence-electron chi connectivity index (χ3n) is 6.76. The van der Waals surface area contributed by atoms with Crippen molar-refractivity contribution in [3.05, 3.63) is 64.4 Å². The minimum absolute atomic E-state index is 0.0336. The Morgan fingerprint density at radius 3 is 2.70 bits per heavy atom. The van der Waals surface area contributed by atoms with Gasteiger partial charge in [0, 0.05) is 29.8 Å². The quantitative estimate of drug-likeness (QED) is 0.265. The van der Waals surface area contributed by atoms with Gasteiger partial charge in [0.15, 0.2) is 0 Å². The lowest BCUT2D eigenvalue weighted by atomic mass is 10.1. The van der Waals surface area contributed by atoms with Crippen molar-refractivity contribution in [2.45, 2.75) is 57.7 Å². The van der Waals surface area contributed by atoms with E-state index in [2.05, 4.69) is 16.8 Å². The summed E-state index contributed by atoms with van der Waals surface area (Å²) in [5.74, 6) is -0.0336. The number of nitrogen functional groups attached to an aromatic ring is 1. The fraction of sp³-hybridized carbons (Fsp3) is 0.423.